The van der Waals surface area contributed by atoms with Gasteiger partial charge in [0.05, 0.1) is 24.4 Å². The molecule has 1 aliphatic rings. The van der Waals surface area contributed by atoms with E-state index in [1.165, 1.54) is 18.4 Å². The van der Waals surface area contributed by atoms with Crippen molar-refractivity contribution in [2.24, 2.45) is 0 Å². The quantitative estimate of drug-likeness (QED) is 0.431. The lowest BCUT2D eigenvalue weighted by molar-refractivity contribution is 0.0949. The summed E-state index contributed by atoms with van der Waals surface area (Å²) >= 11 is 1.46. The molecule has 4 heterocycles. The molecule has 8 nitrogen and oxygen atoms in total. The summed E-state index contributed by atoms with van der Waals surface area (Å²) in [7, 11) is 1.41. The molecule has 0 aliphatic carbocycles. The number of carbonyl (C=O) groups is 1. The van der Waals surface area contributed by atoms with Gasteiger partial charge < -0.3 is 20.7 Å². The highest BCUT2D eigenvalue weighted by atomic mass is 32.1. The molecular weight excluding hydrogens is 407 g/mol. The SMILES string of the molecule is COc1cc(F)nc(Nc2ccc3c(ccc4sc5c(c43)NC[C@@H](C)NC5=O)n2)n1. The summed E-state index contributed by atoms with van der Waals surface area (Å²) in [6.07, 6.45) is 0. The normalized spacial score (nSPS) is 16.0. The van der Waals surface area contributed by atoms with Crippen molar-refractivity contribution in [3.8, 4) is 5.88 Å². The van der Waals surface area contributed by atoms with Crippen LogP contribution in [0.2, 0.25) is 0 Å². The number of anilines is 3. The molecule has 1 amide bonds. The predicted octanol–water partition coefficient (Wildman–Crippen LogP) is 3.67. The maximum atomic E-state index is 13.6. The Kier molecular flexibility index (Phi) is 4.35. The molecule has 0 fully saturated rings. The summed E-state index contributed by atoms with van der Waals surface area (Å²) in [6, 6.07) is 8.68. The zero-order valence-corrected chi connectivity index (χ0v) is 16.9. The summed E-state index contributed by atoms with van der Waals surface area (Å²) < 4.78 is 19.6. The number of amides is 1. The van der Waals surface area contributed by atoms with Crippen molar-refractivity contribution in [2.45, 2.75) is 13.0 Å². The summed E-state index contributed by atoms with van der Waals surface area (Å²) in [4.78, 5) is 25.6. The molecule has 1 aromatic carbocycles. The van der Waals surface area contributed by atoms with E-state index in [4.69, 9.17) is 4.74 Å². The van der Waals surface area contributed by atoms with Crippen LogP contribution in [0.15, 0.2) is 30.3 Å². The van der Waals surface area contributed by atoms with Gasteiger partial charge in [0.15, 0.2) is 0 Å². The van der Waals surface area contributed by atoms with Gasteiger partial charge in [0.25, 0.3) is 5.91 Å². The van der Waals surface area contributed by atoms with E-state index in [0.29, 0.717) is 17.2 Å². The molecule has 152 valence electrons. The average molecular weight is 424 g/mol. The van der Waals surface area contributed by atoms with Crippen LogP contribution in [-0.2, 0) is 0 Å². The summed E-state index contributed by atoms with van der Waals surface area (Å²) in [5, 5.41) is 11.2. The second kappa shape index (κ2) is 7.06. The van der Waals surface area contributed by atoms with Crippen molar-refractivity contribution < 1.29 is 13.9 Å². The molecule has 1 aliphatic heterocycles. The van der Waals surface area contributed by atoms with Gasteiger partial charge >= 0.3 is 0 Å². The minimum Gasteiger partial charge on any atom is -0.481 e. The first-order valence-electron chi connectivity index (χ1n) is 9.28. The van der Waals surface area contributed by atoms with E-state index in [1.54, 1.807) is 6.07 Å². The van der Waals surface area contributed by atoms with Crippen LogP contribution in [0.25, 0.3) is 21.0 Å². The zero-order chi connectivity index (χ0) is 20.8. The van der Waals surface area contributed by atoms with Gasteiger partial charge in [-0.15, -0.1) is 11.3 Å². The van der Waals surface area contributed by atoms with Crippen LogP contribution in [-0.4, -0.2) is 40.6 Å². The van der Waals surface area contributed by atoms with Crippen molar-refractivity contribution in [3.63, 3.8) is 0 Å². The highest BCUT2D eigenvalue weighted by Crippen LogP contribution is 2.41. The molecule has 0 saturated heterocycles. The minimum atomic E-state index is -0.702. The van der Waals surface area contributed by atoms with Crippen molar-refractivity contribution in [1.82, 2.24) is 20.3 Å². The molecule has 4 aromatic rings. The van der Waals surface area contributed by atoms with E-state index in [-0.39, 0.29) is 23.8 Å². The highest BCUT2D eigenvalue weighted by molar-refractivity contribution is 7.21. The van der Waals surface area contributed by atoms with E-state index >= 15 is 0 Å². The topological polar surface area (TPSA) is 101 Å². The van der Waals surface area contributed by atoms with Crippen LogP contribution >= 0.6 is 11.3 Å². The lowest BCUT2D eigenvalue weighted by Gasteiger charge is -2.10. The molecule has 3 aromatic heterocycles. The smallest absolute Gasteiger partial charge is 0.263 e. The van der Waals surface area contributed by atoms with Gasteiger partial charge in [-0.25, -0.2) is 4.98 Å². The Morgan fingerprint density at radius 3 is 2.93 bits per heavy atom. The first-order chi connectivity index (χ1) is 14.5. The number of rotatable bonds is 3. The van der Waals surface area contributed by atoms with Gasteiger partial charge in [0.1, 0.15) is 10.7 Å². The number of nitrogens with zero attached hydrogens (tertiary/aromatic N) is 3. The van der Waals surface area contributed by atoms with Crippen molar-refractivity contribution in [3.05, 3.63) is 41.2 Å². The number of fused-ring (bicyclic) bond motifs is 5. The first-order valence-corrected chi connectivity index (χ1v) is 10.1. The van der Waals surface area contributed by atoms with E-state index in [0.717, 1.165) is 32.7 Å². The Hall–Kier alpha value is -3.53. The summed E-state index contributed by atoms with van der Waals surface area (Å²) in [5.74, 6) is -0.134. The second-order valence-electron chi connectivity index (χ2n) is 6.95. The fourth-order valence-corrected chi connectivity index (χ4v) is 4.57. The maximum Gasteiger partial charge on any atom is 0.263 e. The van der Waals surface area contributed by atoms with Crippen LogP contribution in [0, 0.1) is 5.95 Å². The third-order valence-electron chi connectivity index (χ3n) is 4.81. The standard InChI is InChI=1S/C20H17FN6O2S/c1-9-8-22-17-16-10-3-6-14(26-20-25-13(21)7-15(27-20)29-2)24-11(10)4-5-12(16)30-18(17)19(28)23-9/h3-7,9,22H,8H2,1-2H3,(H,23,28)(H,24,25,26,27)/t9-/m1/s1. The van der Waals surface area contributed by atoms with Crippen LogP contribution in [0.3, 0.4) is 0 Å². The number of pyridine rings is 1. The average Bonchev–Trinajstić information content (AvgIpc) is 3.04. The Balaban J connectivity index is 1.58. The van der Waals surface area contributed by atoms with E-state index in [1.807, 2.05) is 25.1 Å². The number of carbonyl (C=O) groups excluding carboxylic acids is 1. The number of aromatic nitrogens is 3. The van der Waals surface area contributed by atoms with E-state index < -0.39 is 5.95 Å². The molecular formula is C20H17FN6O2S. The van der Waals surface area contributed by atoms with Crippen LogP contribution in [0.1, 0.15) is 16.6 Å². The van der Waals surface area contributed by atoms with Gasteiger partial charge in [-0.05, 0) is 31.2 Å². The molecule has 0 bridgehead atoms. The highest BCUT2D eigenvalue weighted by Gasteiger charge is 2.24. The monoisotopic (exact) mass is 424 g/mol. The Morgan fingerprint density at radius 2 is 2.10 bits per heavy atom. The van der Waals surface area contributed by atoms with Gasteiger partial charge in [0.2, 0.25) is 17.8 Å². The predicted molar refractivity (Wildman–Crippen MR) is 114 cm³/mol. The Morgan fingerprint density at radius 1 is 1.23 bits per heavy atom. The van der Waals surface area contributed by atoms with Gasteiger partial charge in [-0.1, -0.05) is 0 Å². The van der Waals surface area contributed by atoms with Crippen LogP contribution in [0.4, 0.5) is 21.8 Å². The molecule has 5 rings (SSSR count). The minimum absolute atomic E-state index is 0.0410. The number of nitrogens with one attached hydrogen (secondary N) is 3. The number of thiophene rings is 1. The fourth-order valence-electron chi connectivity index (χ4n) is 3.47. The number of hydrogen-bond donors (Lipinski definition) is 3. The van der Waals surface area contributed by atoms with Gasteiger partial charge in [0, 0.05) is 28.1 Å². The second-order valence-corrected chi connectivity index (χ2v) is 8.00. The number of hydrogen-bond acceptors (Lipinski definition) is 8. The number of methoxy groups -OCH3 is 1. The summed E-state index contributed by atoms with van der Waals surface area (Å²) in [5.41, 5.74) is 1.57. The molecule has 30 heavy (non-hydrogen) atoms. The maximum absolute atomic E-state index is 13.6. The van der Waals surface area contributed by atoms with Gasteiger partial charge in [-0.2, -0.15) is 14.4 Å². The van der Waals surface area contributed by atoms with Crippen molar-refractivity contribution in [1.29, 1.82) is 0 Å². The van der Waals surface area contributed by atoms with Crippen LogP contribution in [0.5, 0.6) is 5.88 Å². The molecule has 3 N–H and O–H groups in total. The molecule has 1 atom stereocenters. The van der Waals surface area contributed by atoms with Crippen molar-refractivity contribution in [2.75, 3.05) is 24.3 Å². The summed E-state index contributed by atoms with van der Waals surface area (Å²) in [6.45, 7) is 2.61. The molecule has 0 saturated carbocycles. The molecule has 10 heteroatoms. The third-order valence-corrected chi connectivity index (χ3v) is 5.97. The third kappa shape index (κ3) is 3.14. The molecule has 0 radical (unpaired) electrons. The Bertz CT molecular complexity index is 1310. The number of benzene rings is 1. The van der Waals surface area contributed by atoms with Gasteiger partial charge in [-0.3, -0.25) is 4.79 Å². The largest absolute Gasteiger partial charge is 0.481 e. The fraction of sp³-hybridized carbons (Fsp3) is 0.200. The zero-order valence-electron chi connectivity index (χ0n) is 16.1. The van der Waals surface area contributed by atoms with E-state index in [9.17, 15) is 9.18 Å². The first kappa shape index (κ1) is 18.5. The Labute approximate surface area is 174 Å². The van der Waals surface area contributed by atoms with E-state index in [2.05, 4.69) is 30.9 Å². The number of halogens is 1. The molecule has 0 spiro atoms. The lowest BCUT2D eigenvalue weighted by atomic mass is 10.1. The van der Waals surface area contributed by atoms with Crippen molar-refractivity contribution >= 4 is 55.7 Å². The number of ether oxygens (including phenoxy) is 1. The lowest BCUT2D eigenvalue weighted by Crippen LogP contribution is -2.34. The molecule has 0 unspecified atom stereocenters. The van der Waals surface area contributed by atoms with Crippen LogP contribution < -0.4 is 20.7 Å².